The van der Waals surface area contributed by atoms with Crippen molar-refractivity contribution in [3.05, 3.63) is 101 Å². The van der Waals surface area contributed by atoms with Crippen LogP contribution in [-0.4, -0.2) is 69.4 Å². The van der Waals surface area contributed by atoms with Crippen molar-refractivity contribution in [2.75, 3.05) is 27.2 Å². The number of pyridine rings is 1. The average Bonchev–Trinajstić information content (AvgIpc) is 2.90. The van der Waals surface area contributed by atoms with Gasteiger partial charge in [-0.2, -0.15) is 17.8 Å². The smallest absolute Gasteiger partial charge is 0.346 e. The second kappa shape index (κ2) is 11.7. The molecule has 13 heteroatoms. The van der Waals surface area contributed by atoms with E-state index in [4.69, 9.17) is 9.47 Å². The molecule has 1 saturated heterocycles. The summed E-state index contributed by atoms with van der Waals surface area (Å²) < 4.78 is 65.8. The molecule has 2 atom stereocenters. The van der Waals surface area contributed by atoms with Crippen LogP contribution in [0.3, 0.4) is 0 Å². The van der Waals surface area contributed by atoms with E-state index in [1.54, 1.807) is 18.2 Å². The van der Waals surface area contributed by atoms with Crippen molar-refractivity contribution in [1.29, 1.82) is 0 Å². The Bertz CT molecular complexity index is 1490. The van der Waals surface area contributed by atoms with Gasteiger partial charge in [-0.3, -0.25) is 14.3 Å². The first-order valence-electron chi connectivity index (χ1n) is 12.2. The van der Waals surface area contributed by atoms with Gasteiger partial charge in [0.05, 0.1) is 4.90 Å². The maximum absolute atomic E-state index is 13.7. The SMILES string of the molecule is CN(C)C(=O)c1cccc(S(=O)(=O)N2CCC2C(=O)OCC(OC(F)F)(c2ccccc2)c2cccc[n+]2[O-])c1. The quantitative estimate of drug-likeness (QED) is 0.207. The van der Waals surface area contributed by atoms with Crippen LogP contribution < -0.4 is 4.73 Å². The zero-order valence-corrected chi connectivity index (χ0v) is 22.5. The van der Waals surface area contributed by atoms with E-state index in [0.717, 1.165) is 10.5 Å². The molecule has 4 rings (SSSR count). The van der Waals surface area contributed by atoms with Crippen molar-refractivity contribution < 1.29 is 41.0 Å². The summed E-state index contributed by atoms with van der Waals surface area (Å²) >= 11 is 0. The first-order valence-corrected chi connectivity index (χ1v) is 13.6. The number of rotatable bonds is 10. The van der Waals surface area contributed by atoms with Crippen molar-refractivity contribution in [2.24, 2.45) is 0 Å². The highest BCUT2D eigenvalue weighted by Crippen LogP contribution is 2.35. The van der Waals surface area contributed by atoms with Crippen molar-refractivity contribution >= 4 is 21.9 Å². The number of aromatic nitrogens is 1. The van der Waals surface area contributed by atoms with Gasteiger partial charge in [-0.05, 0) is 36.2 Å². The first-order chi connectivity index (χ1) is 19.0. The molecule has 2 aromatic carbocycles. The molecule has 0 N–H and O–H groups in total. The fourth-order valence-corrected chi connectivity index (χ4v) is 6.08. The number of hydrogen-bond donors (Lipinski definition) is 0. The fraction of sp³-hybridized carbons (Fsp3) is 0.296. The van der Waals surface area contributed by atoms with Crippen molar-refractivity contribution in [3.8, 4) is 0 Å². The molecule has 2 heterocycles. The van der Waals surface area contributed by atoms with Gasteiger partial charge in [0.25, 0.3) is 5.91 Å². The Morgan fingerprint density at radius 3 is 2.40 bits per heavy atom. The van der Waals surface area contributed by atoms with E-state index < -0.39 is 46.8 Å². The molecule has 0 aliphatic carbocycles. The molecule has 40 heavy (non-hydrogen) atoms. The minimum Gasteiger partial charge on any atom is -0.618 e. The number of carbonyl (C=O) groups is 2. The van der Waals surface area contributed by atoms with E-state index in [9.17, 15) is 32.0 Å². The summed E-state index contributed by atoms with van der Waals surface area (Å²) in [6, 6.07) is 15.9. The fourth-order valence-electron chi connectivity index (χ4n) is 4.41. The standard InChI is InChI=1S/C27H27F2N3O7S/c1-30(2)24(33)19-9-8-12-21(17-19)40(36,37)32-16-14-22(32)25(34)38-18-27(39-26(28)29,20-10-4-3-5-11-20)23-13-6-7-15-31(23)35/h3-13,15,17,22,26H,14,16,18H2,1-2H3. The summed E-state index contributed by atoms with van der Waals surface area (Å²) in [5.74, 6) is -1.40. The Balaban J connectivity index is 1.61. The summed E-state index contributed by atoms with van der Waals surface area (Å²) in [7, 11) is -1.15. The molecular formula is C27H27F2N3O7S. The molecule has 3 aromatic rings. The molecule has 2 unspecified atom stereocenters. The monoisotopic (exact) mass is 575 g/mol. The zero-order valence-electron chi connectivity index (χ0n) is 21.6. The molecule has 1 amide bonds. The molecule has 0 radical (unpaired) electrons. The van der Waals surface area contributed by atoms with Gasteiger partial charge >= 0.3 is 12.6 Å². The first kappa shape index (κ1) is 29.1. The van der Waals surface area contributed by atoms with Gasteiger partial charge in [0.2, 0.25) is 21.3 Å². The predicted molar refractivity (Wildman–Crippen MR) is 137 cm³/mol. The molecular weight excluding hydrogens is 548 g/mol. The van der Waals surface area contributed by atoms with Crippen LogP contribution in [0.4, 0.5) is 8.78 Å². The van der Waals surface area contributed by atoms with E-state index >= 15 is 0 Å². The highest BCUT2D eigenvalue weighted by molar-refractivity contribution is 7.89. The van der Waals surface area contributed by atoms with Crippen LogP contribution in [0.5, 0.6) is 0 Å². The Labute approximate surface area is 230 Å². The number of carbonyl (C=O) groups excluding carboxylic acids is 2. The zero-order chi connectivity index (χ0) is 29.1. The number of halogens is 2. The lowest BCUT2D eigenvalue weighted by Crippen LogP contribution is -2.56. The van der Waals surface area contributed by atoms with Crippen molar-refractivity contribution in [1.82, 2.24) is 9.21 Å². The summed E-state index contributed by atoms with van der Waals surface area (Å²) in [4.78, 5) is 26.6. The lowest BCUT2D eigenvalue weighted by Gasteiger charge is -2.38. The number of esters is 1. The van der Waals surface area contributed by atoms with Crippen LogP contribution >= 0.6 is 0 Å². The number of hydrogen-bond acceptors (Lipinski definition) is 7. The third-order valence-corrected chi connectivity index (χ3v) is 8.43. The molecule has 1 aliphatic heterocycles. The van der Waals surface area contributed by atoms with Crippen LogP contribution in [0.15, 0.2) is 83.9 Å². The van der Waals surface area contributed by atoms with Gasteiger partial charge < -0.3 is 14.8 Å². The van der Waals surface area contributed by atoms with Gasteiger partial charge in [0.1, 0.15) is 12.6 Å². The third-order valence-electron chi connectivity index (χ3n) is 6.52. The van der Waals surface area contributed by atoms with Crippen LogP contribution in [0.25, 0.3) is 0 Å². The molecule has 0 spiro atoms. The molecule has 10 nitrogen and oxygen atoms in total. The van der Waals surface area contributed by atoms with Crippen LogP contribution in [0.2, 0.25) is 0 Å². The molecule has 0 saturated carbocycles. The predicted octanol–water partition coefficient (Wildman–Crippen LogP) is 2.51. The Kier molecular flexibility index (Phi) is 8.47. The normalized spacial score (nSPS) is 17.1. The topological polar surface area (TPSA) is 120 Å². The summed E-state index contributed by atoms with van der Waals surface area (Å²) in [5, 5.41) is 12.7. The highest BCUT2D eigenvalue weighted by Gasteiger charge is 2.49. The molecule has 1 aliphatic rings. The molecule has 1 fully saturated rings. The maximum atomic E-state index is 13.7. The van der Waals surface area contributed by atoms with Crippen LogP contribution in [-0.2, 0) is 29.9 Å². The van der Waals surface area contributed by atoms with E-state index in [1.807, 2.05) is 0 Å². The van der Waals surface area contributed by atoms with Gasteiger partial charge in [0, 0.05) is 38.3 Å². The number of sulfonamides is 1. The van der Waals surface area contributed by atoms with Crippen LogP contribution in [0, 0.1) is 5.21 Å². The van der Waals surface area contributed by atoms with E-state index in [2.05, 4.69) is 0 Å². The molecule has 212 valence electrons. The van der Waals surface area contributed by atoms with E-state index in [0.29, 0.717) is 4.73 Å². The average molecular weight is 576 g/mol. The van der Waals surface area contributed by atoms with Gasteiger partial charge in [0.15, 0.2) is 6.20 Å². The third kappa shape index (κ3) is 5.67. The Hall–Kier alpha value is -3.94. The number of amides is 1. The summed E-state index contributed by atoms with van der Waals surface area (Å²) in [5.41, 5.74) is -2.17. The van der Waals surface area contributed by atoms with Crippen molar-refractivity contribution in [2.45, 2.75) is 29.6 Å². The minimum absolute atomic E-state index is 0.00453. The molecule has 0 bridgehead atoms. The number of benzene rings is 2. The second-order valence-electron chi connectivity index (χ2n) is 9.24. The maximum Gasteiger partial charge on any atom is 0.346 e. The van der Waals surface area contributed by atoms with Gasteiger partial charge in [-0.1, -0.05) is 36.4 Å². The second-order valence-corrected chi connectivity index (χ2v) is 11.1. The molecule has 1 aromatic heterocycles. The Morgan fingerprint density at radius 1 is 1.10 bits per heavy atom. The minimum atomic E-state index is -4.21. The van der Waals surface area contributed by atoms with Crippen LogP contribution in [0.1, 0.15) is 28.0 Å². The van der Waals surface area contributed by atoms with Gasteiger partial charge in [-0.25, -0.2) is 8.42 Å². The highest BCUT2D eigenvalue weighted by atomic mass is 32.2. The number of alkyl halides is 2. The number of nitrogens with zero attached hydrogens (tertiary/aromatic N) is 3. The lowest BCUT2D eigenvalue weighted by atomic mass is 9.90. The van der Waals surface area contributed by atoms with Gasteiger partial charge in [-0.15, -0.1) is 0 Å². The Morgan fingerprint density at radius 2 is 1.80 bits per heavy atom. The number of ether oxygens (including phenoxy) is 2. The summed E-state index contributed by atoms with van der Waals surface area (Å²) in [6.45, 7) is -4.18. The van der Waals surface area contributed by atoms with E-state index in [1.165, 1.54) is 73.6 Å². The lowest BCUT2D eigenvalue weighted by molar-refractivity contribution is -0.623. The van der Waals surface area contributed by atoms with Crippen molar-refractivity contribution in [3.63, 3.8) is 0 Å². The van der Waals surface area contributed by atoms with E-state index in [-0.39, 0.29) is 34.7 Å². The largest absolute Gasteiger partial charge is 0.618 e. The summed E-state index contributed by atoms with van der Waals surface area (Å²) in [6.07, 6.45) is 1.22.